The molecule has 6 heteroatoms. The number of amides is 2. The number of aromatic nitrogens is 1. The Hall–Kier alpha value is -1.95. The monoisotopic (exact) mass is 374 g/mol. The van der Waals surface area contributed by atoms with Crippen molar-refractivity contribution >= 4 is 11.8 Å². The van der Waals surface area contributed by atoms with Crippen molar-refractivity contribution in [1.82, 2.24) is 10.2 Å². The van der Waals surface area contributed by atoms with Gasteiger partial charge in [-0.05, 0) is 24.8 Å². The first-order chi connectivity index (χ1) is 13.2. The minimum atomic E-state index is -0.102. The first kappa shape index (κ1) is 19.8. The molecule has 0 bridgehead atoms. The number of ether oxygens (including phenoxy) is 1. The number of carbonyl (C=O) groups excluding carboxylic acids is 2. The lowest BCUT2D eigenvalue weighted by atomic mass is 9.99. The summed E-state index contributed by atoms with van der Waals surface area (Å²) in [6.45, 7) is 1.92. The molecule has 0 aromatic carbocycles. The molecular weight excluding hydrogens is 342 g/mol. The first-order valence-electron chi connectivity index (χ1n) is 10.3. The lowest BCUT2D eigenvalue weighted by molar-refractivity contribution is -0.735. The van der Waals surface area contributed by atoms with Crippen LogP contribution < -0.4 is 9.88 Å². The van der Waals surface area contributed by atoms with Crippen LogP contribution in [0.3, 0.4) is 0 Å². The molecular formula is C21H32N3O3+. The van der Waals surface area contributed by atoms with Gasteiger partial charge in [-0.3, -0.25) is 9.59 Å². The zero-order valence-corrected chi connectivity index (χ0v) is 16.2. The smallest absolute Gasteiger partial charge is 0.252 e. The molecule has 6 nitrogen and oxygen atoms in total. The molecule has 1 aliphatic carbocycles. The maximum Gasteiger partial charge on any atom is 0.252 e. The third-order valence-corrected chi connectivity index (χ3v) is 5.47. The Balaban J connectivity index is 1.37. The molecule has 1 aliphatic heterocycles. The maximum atomic E-state index is 12.0. The molecule has 0 unspecified atom stereocenters. The van der Waals surface area contributed by atoms with E-state index < -0.39 is 0 Å². The zero-order chi connectivity index (χ0) is 18.9. The number of rotatable bonds is 7. The van der Waals surface area contributed by atoms with E-state index in [0.717, 1.165) is 12.0 Å². The molecule has 2 aliphatic rings. The van der Waals surface area contributed by atoms with Gasteiger partial charge in [0, 0.05) is 31.6 Å². The molecule has 3 rings (SSSR count). The number of likely N-dealkylation sites (tertiary alicyclic amines) is 1. The largest absolute Gasteiger partial charge is 0.350 e. The maximum absolute atomic E-state index is 12.0. The number of nitrogens with zero attached hydrogens (tertiary/aromatic N) is 2. The minimum Gasteiger partial charge on any atom is -0.350 e. The Morgan fingerprint density at radius 2 is 1.81 bits per heavy atom. The lowest BCUT2D eigenvalue weighted by Crippen LogP contribution is -2.38. The Labute approximate surface area is 161 Å². The zero-order valence-electron chi connectivity index (χ0n) is 16.2. The number of nitrogens with one attached hydrogen (secondary N) is 1. The molecule has 0 atom stereocenters. The predicted molar refractivity (Wildman–Crippen MR) is 101 cm³/mol. The van der Waals surface area contributed by atoms with Crippen LogP contribution in [0, 0.1) is 0 Å². The fourth-order valence-electron chi connectivity index (χ4n) is 3.77. The molecule has 2 heterocycles. The molecule has 1 saturated carbocycles. The Bertz CT molecular complexity index is 610. The van der Waals surface area contributed by atoms with Crippen LogP contribution in [0.1, 0.15) is 63.4 Å². The van der Waals surface area contributed by atoms with Crippen molar-refractivity contribution in [2.75, 3.05) is 13.1 Å². The second-order valence-corrected chi connectivity index (χ2v) is 7.68. The van der Waals surface area contributed by atoms with Gasteiger partial charge in [0.05, 0.1) is 12.6 Å². The quantitative estimate of drug-likeness (QED) is 0.745. The molecule has 148 valence electrons. The van der Waals surface area contributed by atoms with Crippen LogP contribution in [0.25, 0.3) is 0 Å². The normalized spacial score (nSPS) is 19.0. The number of hydrogen-bond acceptors (Lipinski definition) is 3. The summed E-state index contributed by atoms with van der Waals surface area (Å²) in [5, 5.41) is 2.89. The highest BCUT2D eigenvalue weighted by atomic mass is 16.5. The van der Waals surface area contributed by atoms with Crippen LogP contribution in [0.15, 0.2) is 24.5 Å². The van der Waals surface area contributed by atoms with Gasteiger partial charge in [-0.2, -0.15) is 4.57 Å². The molecule has 2 amide bonds. The van der Waals surface area contributed by atoms with Gasteiger partial charge >= 0.3 is 0 Å². The summed E-state index contributed by atoms with van der Waals surface area (Å²) >= 11 is 0. The third kappa shape index (κ3) is 6.61. The summed E-state index contributed by atoms with van der Waals surface area (Å²) in [6.07, 6.45) is 14.7. The summed E-state index contributed by atoms with van der Waals surface area (Å²) < 4.78 is 8.12. The standard InChI is InChI=1S/C21H31N3O3/c25-20(16-24-12-6-9-21(24)26)22-15-18-10-13-23(14-11-18)17-27-19-7-4-2-1-3-5-8-19/h10-11,13-14,19H,1-9,12,15-17H2/p+1. The van der Waals surface area contributed by atoms with Gasteiger partial charge in [-0.1, -0.05) is 32.1 Å². The molecule has 0 radical (unpaired) electrons. The number of carbonyl (C=O) groups is 2. The van der Waals surface area contributed by atoms with Crippen LogP contribution in [-0.2, 0) is 27.6 Å². The van der Waals surface area contributed by atoms with Gasteiger partial charge in [0.25, 0.3) is 6.73 Å². The molecule has 1 aromatic rings. The van der Waals surface area contributed by atoms with E-state index in [0.29, 0.717) is 32.3 Å². The second kappa shape index (κ2) is 10.4. The van der Waals surface area contributed by atoms with Crippen LogP contribution in [-0.4, -0.2) is 35.9 Å². The summed E-state index contributed by atoms with van der Waals surface area (Å²) in [5.41, 5.74) is 1.04. The van der Waals surface area contributed by atoms with Crippen LogP contribution in [0.4, 0.5) is 0 Å². The van der Waals surface area contributed by atoms with E-state index >= 15 is 0 Å². The molecule has 1 saturated heterocycles. The first-order valence-corrected chi connectivity index (χ1v) is 10.3. The van der Waals surface area contributed by atoms with Gasteiger partial charge in [0.2, 0.25) is 11.8 Å². The SMILES string of the molecule is O=C(CN1CCCC1=O)NCc1cc[n+](COC2CCCCCCC2)cc1. The van der Waals surface area contributed by atoms with Crippen molar-refractivity contribution in [1.29, 1.82) is 0 Å². The second-order valence-electron chi connectivity index (χ2n) is 7.68. The fraction of sp³-hybridized carbons (Fsp3) is 0.667. The van der Waals surface area contributed by atoms with E-state index in [9.17, 15) is 9.59 Å². The summed E-state index contributed by atoms with van der Waals surface area (Å²) in [4.78, 5) is 25.2. The Morgan fingerprint density at radius 3 is 2.48 bits per heavy atom. The predicted octanol–water partition coefficient (Wildman–Crippen LogP) is 2.30. The van der Waals surface area contributed by atoms with Crippen molar-refractivity contribution in [3.8, 4) is 0 Å². The van der Waals surface area contributed by atoms with E-state index in [1.54, 1.807) is 4.90 Å². The van der Waals surface area contributed by atoms with Crippen molar-refractivity contribution in [3.63, 3.8) is 0 Å². The Kier molecular flexibility index (Phi) is 7.63. The Morgan fingerprint density at radius 1 is 1.11 bits per heavy atom. The van der Waals surface area contributed by atoms with E-state index in [2.05, 4.69) is 5.32 Å². The van der Waals surface area contributed by atoms with Crippen molar-refractivity contribution in [2.24, 2.45) is 0 Å². The molecule has 2 fully saturated rings. The van der Waals surface area contributed by atoms with Crippen molar-refractivity contribution in [3.05, 3.63) is 30.1 Å². The van der Waals surface area contributed by atoms with Crippen LogP contribution in [0.5, 0.6) is 0 Å². The number of pyridine rings is 1. The summed E-state index contributed by atoms with van der Waals surface area (Å²) in [7, 11) is 0. The van der Waals surface area contributed by atoms with Gasteiger partial charge in [-0.15, -0.1) is 0 Å². The molecule has 27 heavy (non-hydrogen) atoms. The van der Waals surface area contributed by atoms with E-state index in [1.165, 1.54) is 44.9 Å². The summed E-state index contributed by atoms with van der Waals surface area (Å²) in [6, 6.07) is 4.01. The number of hydrogen-bond donors (Lipinski definition) is 1. The average Bonchev–Trinajstić information content (AvgIpc) is 3.04. The lowest BCUT2D eigenvalue weighted by Gasteiger charge is -2.18. The van der Waals surface area contributed by atoms with Gasteiger partial charge in [-0.25, -0.2) is 0 Å². The van der Waals surface area contributed by atoms with Crippen molar-refractivity contribution < 1.29 is 18.9 Å². The van der Waals surface area contributed by atoms with E-state index in [4.69, 9.17) is 4.74 Å². The van der Waals surface area contributed by atoms with Crippen LogP contribution >= 0.6 is 0 Å². The van der Waals surface area contributed by atoms with Gasteiger partial charge in [0.15, 0.2) is 12.4 Å². The highest BCUT2D eigenvalue weighted by Gasteiger charge is 2.22. The molecule has 1 aromatic heterocycles. The third-order valence-electron chi connectivity index (χ3n) is 5.47. The highest BCUT2D eigenvalue weighted by molar-refractivity contribution is 5.85. The average molecular weight is 375 g/mol. The van der Waals surface area contributed by atoms with Gasteiger partial charge < -0.3 is 15.0 Å². The fourth-order valence-corrected chi connectivity index (χ4v) is 3.77. The van der Waals surface area contributed by atoms with Crippen molar-refractivity contribution in [2.45, 2.75) is 77.2 Å². The minimum absolute atomic E-state index is 0.0789. The topological polar surface area (TPSA) is 62.5 Å². The highest BCUT2D eigenvalue weighted by Crippen LogP contribution is 2.19. The molecule has 0 spiro atoms. The van der Waals surface area contributed by atoms with E-state index in [1.807, 2.05) is 29.1 Å². The van der Waals surface area contributed by atoms with Crippen LogP contribution in [0.2, 0.25) is 0 Å². The molecule has 1 N–H and O–H groups in total. The summed E-state index contributed by atoms with van der Waals surface area (Å²) in [5.74, 6) is -0.0233. The van der Waals surface area contributed by atoms with E-state index in [-0.39, 0.29) is 18.4 Å². The van der Waals surface area contributed by atoms with Gasteiger partial charge in [0.1, 0.15) is 0 Å².